The Balaban J connectivity index is 3.56. The van der Waals surface area contributed by atoms with Gasteiger partial charge in [0.25, 0.3) is 0 Å². The summed E-state index contributed by atoms with van der Waals surface area (Å²) in [5.41, 5.74) is -0.105. The largest absolute Gasteiger partial charge is 0.490 e. The molecule has 6 heteroatoms. The summed E-state index contributed by atoms with van der Waals surface area (Å²) in [6, 6.07) is 6.36. The van der Waals surface area contributed by atoms with Crippen LogP contribution < -0.4 is 4.74 Å². The summed E-state index contributed by atoms with van der Waals surface area (Å²) in [7, 11) is 1.30. The monoisotopic (exact) mass is 217 g/mol. The Labute approximate surface area is 91.4 Å². The number of nitrogens with zero attached hydrogens (tertiary/aromatic N) is 3. The smallest absolute Gasteiger partial charge is 0.316 e. The topological polar surface area (TPSA) is 99.9 Å². The molecule has 6 nitrogen and oxygen atoms in total. The highest BCUT2D eigenvalue weighted by Gasteiger charge is 2.23. The first-order valence-corrected chi connectivity index (χ1v) is 4.27. The maximum Gasteiger partial charge on any atom is 0.316 e. The fraction of sp³-hybridized carbons (Fsp3) is 0.200. The van der Waals surface area contributed by atoms with Crippen LogP contribution in [0.5, 0.6) is 5.75 Å². The fourth-order valence-corrected chi connectivity index (χ4v) is 1.34. The predicted molar refractivity (Wildman–Crippen MR) is 53.7 cm³/mol. The molecular formula is C10H7N3O3. The van der Waals surface area contributed by atoms with Gasteiger partial charge in [-0.05, 0) is 12.1 Å². The second-order valence-electron chi connectivity index (χ2n) is 2.85. The summed E-state index contributed by atoms with van der Waals surface area (Å²) in [5, 5.41) is 28.2. The van der Waals surface area contributed by atoms with Crippen molar-refractivity contribution < 1.29 is 9.66 Å². The summed E-state index contributed by atoms with van der Waals surface area (Å²) in [6.07, 6.45) is -0.198. The van der Waals surface area contributed by atoms with Crippen molar-refractivity contribution in [3.63, 3.8) is 0 Å². The quantitative estimate of drug-likeness (QED) is 0.564. The Hall–Kier alpha value is -2.60. The zero-order valence-electron chi connectivity index (χ0n) is 8.43. The highest BCUT2D eigenvalue weighted by atomic mass is 16.6. The van der Waals surface area contributed by atoms with Gasteiger partial charge in [0.05, 0.1) is 41.7 Å². The van der Waals surface area contributed by atoms with Crippen LogP contribution in [0.25, 0.3) is 0 Å². The Kier molecular flexibility index (Phi) is 3.41. The van der Waals surface area contributed by atoms with E-state index >= 15 is 0 Å². The number of methoxy groups -OCH3 is 1. The molecule has 0 fully saturated rings. The van der Waals surface area contributed by atoms with E-state index in [-0.39, 0.29) is 29.0 Å². The average Bonchev–Trinajstić information content (AvgIpc) is 2.28. The molecule has 0 aliphatic heterocycles. The van der Waals surface area contributed by atoms with Gasteiger partial charge in [-0.3, -0.25) is 10.1 Å². The predicted octanol–water partition coefficient (Wildman–Crippen LogP) is 1.54. The van der Waals surface area contributed by atoms with Gasteiger partial charge in [-0.2, -0.15) is 10.5 Å². The van der Waals surface area contributed by atoms with Crippen LogP contribution in [0.1, 0.15) is 11.1 Å². The lowest BCUT2D eigenvalue weighted by Gasteiger charge is -2.05. The minimum Gasteiger partial charge on any atom is -0.490 e. The fourth-order valence-electron chi connectivity index (χ4n) is 1.34. The van der Waals surface area contributed by atoms with Crippen LogP contribution in [0.4, 0.5) is 5.69 Å². The van der Waals surface area contributed by atoms with Crippen molar-refractivity contribution in [3.8, 4) is 17.9 Å². The van der Waals surface area contributed by atoms with E-state index in [1.807, 2.05) is 6.07 Å². The minimum atomic E-state index is -0.646. The minimum absolute atomic E-state index is 0.0502. The summed E-state index contributed by atoms with van der Waals surface area (Å²) in [5.74, 6) is 0.0502. The second-order valence-corrected chi connectivity index (χ2v) is 2.85. The average molecular weight is 217 g/mol. The molecule has 0 radical (unpaired) electrons. The van der Waals surface area contributed by atoms with Crippen LogP contribution in [0.2, 0.25) is 0 Å². The van der Waals surface area contributed by atoms with E-state index in [4.69, 9.17) is 15.3 Å². The van der Waals surface area contributed by atoms with Crippen molar-refractivity contribution in [2.45, 2.75) is 6.42 Å². The lowest BCUT2D eigenvalue weighted by molar-refractivity contribution is -0.386. The molecule has 0 aromatic heterocycles. The molecule has 0 unspecified atom stereocenters. The summed E-state index contributed by atoms with van der Waals surface area (Å²) >= 11 is 0. The molecule has 0 N–H and O–H groups in total. The van der Waals surface area contributed by atoms with Gasteiger partial charge in [-0.1, -0.05) is 0 Å². The molecule has 0 atom stereocenters. The third-order valence-corrected chi connectivity index (χ3v) is 2.02. The summed E-state index contributed by atoms with van der Waals surface area (Å²) in [4.78, 5) is 10.2. The molecule has 0 aliphatic rings. The molecular weight excluding hydrogens is 210 g/mol. The van der Waals surface area contributed by atoms with Gasteiger partial charge in [0.1, 0.15) is 0 Å². The normalized spacial score (nSPS) is 8.94. The molecule has 0 saturated heterocycles. The summed E-state index contributed by atoms with van der Waals surface area (Å²) in [6.45, 7) is 0. The van der Waals surface area contributed by atoms with Crippen molar-refractivity contribution in [3.05, 3.63) is 33.4 Å². The van der Waals surface area contributed by atoms with Gasteiger partial charge in [0.15, 0.2) is 5.75 Å². The van der Waals surface area contributed by atoms with Crippen molar-refractivity contribution in [2.75, 3.05) is 7.11 Å². The maximum absolute atomic E-state index is 10.9. The van der Waals surface area contributed by atoms with E-state index in [1.54, 1.807) is 6.07 Å². The van der Waals surface area contributed by atoms with Gasteiger partial charge < -0.3 is 4.74 Å². The molecule has 1 aromatic carbocycles. The third-order valence-electron chi connectivity index (χ3n) is 2.02. The number of nitro groups is 1. The highest BCUT2D eigenvalue weighted by molar-refractivity contribution is 5.60. The second kappa shape index (κ2) is 4.76. The van der Waals surface area contributed by atoms with Crippen LogP contribution in [-0.4, -0.2) is 12.0 Å². The van der Waals surface area contributed by atoms with Crippen molar-refractivity contribution >= 4 is 5.69 Å². The first-order chi connectivity index (χ1) is 7.65. The third kappa shape index (κ3) is 1.91. The van der Waals surface area contributed by atoms with E-state index in [0.717, 1.165) is 0 Å². The number of ether oxygens (including phenoxy) is 1. The number of hydrogen-bond donors (Lipinski definition) is 0. The number of nitro benzene ring substituents is 1. The van der Waals surface area contributed by atoms with Crippen molar-refractivity contribution in [1.82, 2.24) is 0 Å². The van der Waals surface area contributed by atoms with E-state index < -0.39 is 4.92 Å². The number of hydrogen-bond acceptors (Lipinski definition) is 5. The van der Waals surface area contributed by atoms with Crippen LogP contribution in [-0.2, 0) is 6.42 Å². The lowest BCUT2D eigenvalue weighted by atomic mass is 10.0. The van der Waals surface area contributed by atoms with Crippen molar-refractivity contribution in [1.29, 1.82) is 10.5 Å². The Morgan fingerprint density at radius 2 is 2.19 bits per heavy atom. The van der Waals surface area contributed by atoms with E-state index in [2.05, 4.69) is 0 Å². The van der Waals surface area contributed by atoms with Gasteiger partial charge in [0, 0.05) is 0 Å². The van der Waals surface area contributed by atoms with E-state index in [0.29, 0.717) is 0 Å². The first kappa shape index (κ1) is 11.5. The molecule has 80 valence electrons. The Morgan fingerprint density at radius 3 is 2.62 bits per heavy atom. The lowest BCUT2D eigenvalue weighted by Crippen LogP contribution is -2.01. The SMILES string of the molecule is COc1ccc(C#N)c(CC#N)c1[N+](=O)[O-]. The number of benzene rings is 1. The van der Waals surface area contributed by atoms with Crippen LogP contribution >= 0.6 is 0 Å². The summed E-state index contributed by atoms with van der Waals surface area (Å²) < 4.78 is 4.83. The Bertz CT molecular complexity index is 511. The first-order valence-electron chi connectivity index (χ1n) is 4.27. The molecule has 0 amide bonds. The van der Waals surface area contributed by atoms with Gasteiger partial charge >= 0.3 is 5.69 Å². The highest BCUT2D eigenvalue weighted by Crippen LogP contribution is 2.33. The van der Waals surface area contributed by atoms with Crippen LogP contribution in [0.15, 0.2) is 12.1 Å². The zero-order chi connectivity index (χ0) is 12.1. The van der Waals surface area contributed by atoms with Gasteiger partial charge in [0.2, 0.25) is 0 Å². The van der Waals surface area contributed by atoms with Gasteiger partial charge in [-0.15, -0.1) is 0 Å². The molecule has 0 saturated carbocycles. The van der Waals surface area contributed by atoms with Crippen molar-refractivity contribution in [2.24, 2.45) is 0 Å². The number of nitriles is 2. The van der Waals surface area contributed by atoms with E-state index in [1.165, 1.54) is 19.2 Å². The maximum atomic E-state index is 10.9. The molecule has 0 bridgehead atoms. The van der Waals surface area contributed by atoms with Crippen LogP contribution in [0.3, 0.4) is 0 Å². The van der Waals surface area contributed by atoms with Gasteiger partial charge in [-0.25, -0.2) is 0 Å². The Morgan fingerprint density at radius 1 is 1.50 bits per heavy atom. The van der Waals surface area contributed by atoms with Crippen LogP contribution in [0, 0.1) is 32.8 Å². The zero-order valence-corrected chi connectivity index (χ0v) is 8.43. The standard InChI is InChI=1S/C10H7N3O3/c1-16-9-3-2-7(6-12)8(4-5-11)10(9)13(14)15/h2-3H,4H2,1H3. The molecule has 1 rings (SSSR count). The molecule has 1 aromatic rings. The molecule has 0 heterocycles. The van der Waals surface area contributed by atoms with E-state index in [9.17, 15) is 10.1 Å². The molecule has 0 aliphatic carbocycles. The molecule has 16 heavy (non-hydrogen) atoms. The molecule has 0 spiro atoms. The number of rotatable bonds is 3.